The van der Waals surface area contributed by atoms with E-state index in [0.29, 0.717) is 28.9 Å². The molecule has 0 saturated carbocycles. The van der Waals surface area contributed by atoms with Crippen LogP contribution in [0.4, 0.5) is 5.69 Å². The molecule has 184 valence electrons. The summed E-state index contributed by atoms with van der Waals surface area (Å²) in [6.07, 6.45) is 1.57. The molecular weight excluding hydrogens is 458 g/mol. The number of rotatable bonds is 9. The van der Waals surface area contributed by atoms with E-state index in [9.17, 15) is 19.5 Å². The van der Waals surface area contributed by atoms with Crippen molar-refractivity contribution in [2.24, 2.45) is 11.7 Å². The van der Waals surface area contributed by atoms with E-state index in [4.69, 9.17) is 11.1 Å². The molecule has 0 spiro atoms. The third-order valence-electron chi connectivity index (χ3n) is 5.27. The molecule has 3 aromatic rings. The quantitative estimate of drug-likeness (QED) is 0.227. The van der Waals surface area contributed by atoms with Gasteiger partial charge < -0.3 is 21.5 Å². The zero-order chi connectivity index (χ0) is 26.4. The molecular formula is C27H27N5O4. The number of aromatic carboxylic acids is 1. The van der Waals surface area contributed by atoms with Crippen LogP contribution < -0.4 is 16.4 Å². The normalized spacial score (nSPS) is 10.5. The SMILES string of the molecule is C=Cc1ccc(-c2ccc(C(=O)NCC(C)C)nc2C(=O)O)c(C(=O)Nc2ccc(C(=N)N)cc2)c1. The predicted molar refractivity (Wildman–Crippen MR) is 139 cm³/mol. The second-order valence-corrected chi connectivity index (χ2v) is 8.46. The number of pyridine rings is 1. The van der Waals surface area contributed by atoms with Gasteiger partial charge in [-0.1, -0.05) is 38.6 Å². The monoisotopic (exact) mass is 485 g/mol. The number of carbonyl (C=O) groups is 3. The van der Waals surface area contributed by atoms with Gasteiger partial charge in [0.2, 0.25) is 0 Å². The molecule has 36 heavy (non-hydrogen) atoms. The van der Waals surface area contributed by atoms with Gasteiger partial charge in [-0.05, 0) is 59.5 Å². The summed E-state index contributed by atoms with van der Waals surface area (Å²) in [5.41, 5.74) is 7.45. The first-order chi connectivity index (χ1) is 17.1. The number of amides is 2. The van der Waals surface area contributed by atoms with E-state index in [-0.39, 0.29) is 34.3 Å². The maximum absolute atomic E-state index is 13.3. The van der Waals surface area contributed by atoms with Gasteiger partial charge in [-0.3, -0.25) is 15.0 Å². The fourth-order valence-corrected chi connectivity index (χ4v) is 3.40. The number of nitrogens with one attached hydrogen (secondary N) is 3. The Balaban J connectivity index is 2.03. The number of nitrogen functional groups attached to an aromatic ring is 1. The number of nitrogens with two attached hydrogens (primary N) is 1. The molecule has 0 aliphatic heterocycles. The average Bonchev–Trinajstić information content (AvgIpc) is 2.86. The Bertz CT molecular complexity index is 1350. The fourth-order valence-electron chi connectivity index (χ4n) is 3.40. The number of hydrogen-bond donors (Lipinski definition) is 5. The van der Waals surface area contributed by atoms with Gasteiger partial charge >= 0.3 is 5.97 Å². The van der Waals surface area contributed by atoms with Gasteiger partial charge in [-0.25, -0.2) is 9.78 Å². The van der Waals surface area contributed by atoms with E-state index in [1.165, 1.54) is 12.1 Å². The average molecular weight is 486 g/mol. The minimum absolute atomic E-state index is 0.0314. The Kier molecular flexibility index (Phi) is 7.96. The van der Waals surface area contributed by atoms with Crippen LogP contribution in [0.5, 0.6) is 0 Å². The highest BCUT2D eigenvalue weighted by Crippen LogP contribution is 2.29. The zero-order valence-electron chi connectivity index (χ0n) is 20.0. The Morgan fingerprint density at radius 1 is 1.06 bits per heavy atom. The van der Waals surface area contributed by atoms with E-state index in [1.54, 1.807) is 48.5 Å². The molecule has 0 atom stereocenters. The van der Waals surface area contributed by atoms with Gasteiger partial charge in [0.1, 0.15) is 11.5 Å². The van der Waals surface area contributed by atoms with Gasteiger partial charge in [0, 0.05) is 28.9 Å². The molecule has 0 saturated heterocycles. The molecule has 0 unspecified atom stereocenters. The van der Waals surface area contributed by atoms with Crippen LogP contribution in [0, 0.1) is 11.3 Å². The van der Waals surface area contributed by atoms with E-state index in [2.05, 4.69) is 22.2 Å². The molecule has 2 amide bonds. The van der Waals surface area contributed by atoms with Gasteiger partial charge in [0.15, 0.2) is 5.69 Å². The van der Waals surface area contributed by atoms with Crippen LogP contribution in [0.25, 0.3) is 17.2 Å². The van der Waals surface area contributed by atoms with Crippen molar-refractivity contribution in [3.05, 3.63) is 89.3 Å². The fraction of sp³-hybridized carbons (Fsp3) is 0.148. The number of hydrogen-bond acceptors (Lipinski definition) is 5. The molecule has 9 heteroatoms. The van der Waals surface area contributed by atoms with Crippen LogP contribution in [0.15, 0.2) is 61.2 Å². The van der Waals surface area contributed by atoms with Crippen molar-refractivity contribution in [2.45, 2.75) is 13.8 Å². The highest BCUT2D eigenvalue weighted by atomic mass is 16.4. The Morgan fingerprint density at radius 3 is 2.31 bits per heavy atom. The summed E-state index contributed by atoms with van der Waals surface area (Å²) in [6.45, 7) is 8.04. The van der Waals surface area contributed by atoms with Crippen LogP contribution in [0.3, 0.4) is 0 Å². The first kappa shape index (κ1) is 25.8. The molecule has 2 aromatic carbocycles. The molecule has 1 aromatic heterocycles. The molecule has 0 bridgehead atoms. The van der Waals surface area contributed by atoms with Crippen LogP contribution >= 0.6 is 0 Å². The molecule has 0 fully saturated rings. The van der Waals surface area contributed by atoms with Crippen molar-refractivity contribution in [1.29, 1.82) is 5.41 Å². The Labute approximate surface area is 208 Å². The van der Waals surface area contributed by atoms with Crippen molar-refractivity contribution >= 4 is 35.4 Å². The van der Waals surface area contributed by atoms with Crippen molar-refractivity contribution in [2.75, 3.05) is 11.9 Å². The lowest BCUT2D eigenvalue weighted by Crippen LogP contribution is -2.28. The first-order valence-corrected chi connectivity index (χ1v) is 11.2. The third kappa shape index (κ3) is 6.01. The lowest BCUT2D eigenvalue weighted by molar-refractivity contribution is 0.0691. The van der Waals surface area contributed by atoms with E-state index in [0.717, 1.165) is 0 Å². The summed E-state index contributed by atoms with van der Waals surface area (Å²) in [4.78, 5) is 41.9. The summed E-state index contributed by atoms with van der Waals surface area (Å²) >= 11 is 0. The molecule has 6 N–H and O–H groups in total. The topological polar surface area (TPSA) is 158 Å². The molecule has 9 nitrogen and oxygen atoms in total. The standard InChI is InChI=1S/C27H27N5O4/c1-4-16-5-10-19(21(13-16)25(33)31-18-8-6-17(7-9-18)24(28)29)20-11-12-22(32-23(20)27(35)36)26(34)30-14-15(2)3/h4-13,15H,1,14H2,2-3H3,(H3,28,29)(H,30,34)(H,31,33)(H,35,36). The summed E-state index contributed by atoms with van der Waals surface area (Å²) in [5, 5.41) is 22.8. The summed E-state index contributed by atoms with van der Waals surface area (Å²) in [5.74, 6) is -2.17. The maximum Gasteiger partial charge on any atom is 0.355 e. The minimum Gasteiger partial charge on any atom is -0.476 e. The van der Waals surface area contributed by atoms with Crippen LogP contribution in [0.1, 0.15) is 56.3 Å². The number of nitrogens with zero attached hydrogens (tertiary/aromatic N) is 1. The smallest absolute Gasteiger partial charge is 0.355 e. The van der Waals surface area contributed by atoms with Gasteiger partial charge in [-0.15, -0.1) is 0 Å². The molecule has 1 heterocycles. The largest absolute Gasteiger partial charge is 0.476 e. The van der Waals surface area contributed by atoms with Crippen LogP contribution in [-0.2, 0) is 0 Å². The lowest BCUT2D eigenvalue weighted by atomic mass is 9.95. The van der Waals surface area contributed by atoms with Gasteiger partial charge in [0.05, 0.1) is 0 Å². The third-order valence-corrected chi connectivity index (χ3v) is 5.27. The minimum atomic E-state index is -1.33. The first-order valence-electron chi connectivity index (χ1n) is 11.2. The number of carboxylic acids is 1. The maximum atomic E-state index is 13.3. The number of benzene rings is 2. The van der Waals surface area contributed by atoms with Gasteiger partial charge in [-0.2, -0.15) is 0 Å². The number of amidine groups is 1. The van der Waals surface area contributed by atoms with E-state index in [1.807, 2.05) is 13.8 Å². The highest BCUT2D eigenvalue weighted by Gasteiger charge is 2.22. The van der Waals surface area contributed by atoms with Crippen molar-refractivity contribution in [1.82, 2.24) is 10.3 Å². The highest BCUT2D eigenvalue weighted by molar-refractivity contribution is 6.11. The van der Waals surface area contributed by atoms with E-state index < -0.39 is 17.8 Å². The summed E-state index contributed by atoms with van der Waals surface area (Å²) in [6, 6.07) is 14.3. The number of carboxylic acid groups (broad SMARTS) is 1. The molecule has 0 aliphatic rings. The molecule has 0 aliphatic carbocycles. The number of aromatic nitrogens is 1. The molecule has 3 rings (SSSR count). The zero-order valence-corrected chi connectivity index (χ0v) is 20.0. The van der Waals surface area contributed by atoms with Crippen LogP contribution in [-0.4, -0.2) is 40.3 Å². The van der Waals surface area contributed by atoms with Crippen LogP contribution in [0.2, 0.25) is 0 Å². The second-order valence-electron chi connectivity index (χ2n) is 8.46. The number of anilines is 1. The Hall–Kier alpha value is -4.79. The van der Waals surface area contributed by atoms with Crippen molar-refractivity contribution in [3.8, 4) is 11.1 Å². The second kappa shape index (κ2) is 11.1. The van der Waals surface area contributed by atoms with E-state index >= 15 is 0 Å². The predicted octanol–water partition coefficient (Wildman–Crippen LogP) is 4.01. The lowest BCUT2D eigenvalue weighted by Gasteiger charge is -2.14. The van der Waals surface area contributed by atoms with Crippen molar-refractivity contribution < 1.29 is 19.5 Å². The van der Waals surface area contributed by atoms with Gasteiger partial charge in [0.25, 0.3) is 11.8 Å². The summed E-state index contributed by atoms with van der Waals surface area (Å²) < 4.78 is 0. The summed E-state index contributed by atoms with van der Waals surface area (Å²) in [7, 11) is 0. The van der Waals surface area contributed by atoms with Crippen molar-refractivity contribution in [3.63, 3.8) is 0 Å². The molecule has 0 radical (unpaired) electrons. The number of carbonyl (C=O) groups excluding carboxylic acids is 2. The Morgan fingerprint density at radius 2 is 1.72 bits per heavy atom.